The fraction of sp³-hybridized carbons (Fsp3) is 0.368. The van der Waals surface area contributed by atoms with Crippen molar-refractivity contribution in [3.05, 3.63) is 59.8 Å². The lowest BCUT2D eigenvalue weighted by atomic mass is 10.2. The Bertz CT molecular complexity index is 612. The quantitative estimate of drug-likeness (QED) is 0.248. The van der Waals surface area contributed by atoms with Crippen LogP contribution in [0.5, 0.6) is 5.75 Å². The highest BCUT2D eigenvalue weighted by Crippen LogP contribution is 2.28. The van der Waals surface area contributed by atoms with E-state index in [2.05, 4.69) is 12.0 Å². The van der Waals surface area contributed by atoms with E-state index in [0.717, 1.165) is 6.42 Å². The molecular weight excluding hydrogens is 288 g/mol. The lowest BCUT2D eigenvalue weighted by molar-refractivity contribution is -0.435. The van der Waals surface area contributed by atoms with E-state index in [9.17, 15) is 5.21 Å². The van der Waals surface area contributed by atoms with Crippen molar-refractivity contribution in [1.29, 1.82) is 0 Å². The number of ether oxygens (including phenoxy) is 1. The van der Waals surface area contributed by atoms with Crippen molar-refractivity contribution in [3.63, 3.8) is 0 Å². The maximum absolute atomic E-state index is 12.1. The van der Waals surface area contributed by atoms with Crippen LogP contribution in [0.3, 0.4) is 0 Å². The fourth-order valence-electron chi connectivity index (χ4n) is 2.26. The van der Waals surface area contributed by atoms with Gasteiger partial charge in [-0.05, 0) is 23.4 Å². The second kappa shape index (κ2) is 9.62. The Morgan fingerprint density at radius 1 is 0.913 bits per heavy atom. The van der Waals surface area contributed by atoms with Gasteiger partial charge in [-0.25, -0.2) is 0 Å². The predicted octanol–water partition coefficient (Wildman–Crippen LogP) is 5.96. The molecular formula is C19H24N2O2. The number of nitrogens with zero attached hydrogens (tertiary/aromatic N) is 2. The SMILES string of the molecule is CCCCCCCOc1ccccc1N=[N+]([O-])c1ccccc1. The molecule has 0 aromatic heterocycles. The average molecular weight is 312 g/mol. The summed E-state index contributed by atoms with van der Waals surface area (Å²) in [5.41, 5.74) is 1.06. The number of hydrogen-bond donors (Lipinski definition) is 0. The summed E-state index contributed by atoms with van der Waals surface area (Å²) >= 11 is 0. The third kappa shape index (κ3) is 5.74. The van der Waals surface area contributed by atoms with Crippen LogP contribution in [0.2, 0.25) is 0 Å². The van der Waals surface area contributed by atoms with Crippen LogP contribution in [-0.2, 0) is 0 Å². The maximum Gasteiger partial charge on any atom is 0.244 e. The van der Waals surface area contributed by atoms with Crippen molar-refractivity contribution in [1.82, 2.24) is 0 Å². The first-order valence-corrected chi connectivity index (χ1v) is 8.27. The zero-order valence-electron chi connectivity index (χ0n) is 13.6. The highest BCUT2D eigenvalue weighted by molar-refractivity contribution is 5.50. The topological polar surface area (TPSA) is 47.7 Å². The lowest BCUT2D eigenvalue weighted by Crippen LogP contribution is -1.98. The Kier molecular flexibility index (Phi) is 7.11. The molecule has 0 spiro atoms. The van der Waals surface area contributed by atoms with E-state index in [0.29, 0.717) is 28.6 Å². The number of benzene rings is 2. The molecule has 0 radical (unpaired) electrons. The molecule has 0 N–H and O–H groups in total. The van der Waals surface area contributed by atoms with Crippen LogP contribution in [-0.4, -0.2) is 11.5 Å². The van der Waals surface area contributed by atoms with Gasteiger partial charge in [-0.15, -0.1) is 0 Å². The van der Waals surface area contributed by atoms with Crippen LogP contribution in [0.25, 0.3) is 0 Å². The molecule has 4 nitrogen and oxygen atoms in total. The Morgan fingerprint density at radius 3 is 2.39 bits per heavy atom. The number of hydrogen-bond acceptors (Lipinski definition) is 3. The minimum Gasteiger partial charge on any atom is -0.594 e. The standard InChI is InChI=1S/C19H24N2O2/c1-2-3-4-5-11-16-23-19-15-10-9-14-18(19)20-21(22)17-12-7-6-8-13-17/h6-10,12-15H,2-5,11,16H2,1H3. The minimum absolute atomic E-state index is 0.502. The van der Waals surface area contributed by atoms with Gasteiger partial charge in [0.15, 0.2) is 11.4 Å². The maximum atomic E-state index is 12.1. The van der Waals surface area contributed by atoms with Crippen LogP contribution in [0.1, 0.15) is 39.0 Å². The van der Waals surface area contributed by atoms with Gasteiger partial charge in [0, 0.05) is 17.2 Å². The van der Waals surface area contributed by atoms with Crippen LogP contribution < -0.4 is 4.74 Å². The number of rotatable bonds is 9. The fourth-order valence-corrected chi connectivity index (χ4v) is 2.26. The van der Waals surface area contributed by atoms with Crippen molar-refractivity contribution >= 4 is 11.4 Å². The highest BCUT2D eigenvalue weighted by atomic mass is 16.5. The summed E-state index contributed by atoms with van der Waals surface area (Å²) in [6.45, 7) is 2.86. The van der Waals surface area contributed by atoms with Crippen molar-refractivity contribution in [3.8, 4) is 5.75 Å². The van der Waals surface area contributed by atoms with Crippen LogP contribution in [0.15, 0.2) is 59.7 Å². The van der Waals surface area contributed by atoms with Crippen molar-refractivity contribution in [2.45, 2.75) is 39.0 Å². The number of azo groups is 1. The van der Waals surface area contributed by atoms with Gasteiger partial charge < -0.3 is 9.94 Å². The second-order valence-electron chi connectivity index (χ2n) is 5.44. The molecule has 0 unspecified atom stereocenters. The van der Waals surface area contributed by atoms with Gasteiger partial charge in [0.05, 0.1) is 6.61 Å². The lowest BCUT2D eigenvalue weighted by Gasteiger charge is -2.08. The Morgan fingerprint density at radius 2 is 1.61 bits per heavy atom. The molecule has 0 amide bonds. The summed E-state index contributed by atoms with van der Waals surface area (Å²) in [6.07, 6.45) is 5.95. The monoisotopic (exact) mass is 312 g/mol. The summed E-state index contributed by atoms with van der Waals surface area (Å²) < 4.78 is 5.79. The molecule has 2 aromatic rings. The first-order chi connectivity index (χ1) is 11.3. The van der Waals surface area contributed by atoms with Gasteiger partial charge >= 0.3 is 0 Å². The molecule has 2 aromatic carbocycles. The van der Waals surface area contributed by atoms with E-state index in [1.165, 1.54) is 25.7 Å². The van der Waals surface area contributed by atoms with Gasteiger partial charge in [0.1, 0.15) is 0 Å². The summed E-state index contributed by atoms with van der Waals surface area (Å²) in [7, 11) is 0. The molecule has 4 heteroatoms. The molecule has 0 fully saturated rings. The largest absolute Gasteiger partial charge is 0.594 e. The van der Waals surface area contributed by atoms with E-state index in [1.54, 1.807) is 18.2 Å². The van der Waals surface area contributed by atoms with Gasteiger partial charge in [-0.3, -0.25) is 0 Å². The molecule has 2 rings (SSSR count). The van der Waals surface area contributed by atoms with Crippen molar-refractivity contribution in [2.24, 2.45) is 5.11 Å². The molecule has 122 valence electrons. The third-order valence-corrected chi connectivity index (χ3v) is 3.55. The van der Waals surface area contributed by atoms with Gasteiger partial charge in [-0.1, -0.05) is 62.9 Å². The summed E-state index contributed by atoms with van der Waals surface area (Å²) in [5, 5.41) is 16.2. The Labute approximate surface area is 138 Å². The summed E-state index contributed by atoms with van der Waals surface area (Å²) in [4.78, 5) is 0.628. The van der Waals surface area contributed by atoms with Crippen molar-refractivity contribution in [2.75, 3.05) is 6.61 Å². The molecule has 0 atom stereocenters. The average Bonchev–Trinajstić information content (AvgIpc) is 2.60. The molecule has 0 saturated heterocycles. The third-order valence-electron chi connectivity index (χ3n) is 3.55. The normalized spacial score (nSPS) is 11.4. The van der Waals surface area contributed by atoms with E-state index in [-0.39, 0.29) is 0 Å². The minimum atomic E-state index is 0.502. The summed E-state index contributed by atoms with van der Waals surface area (Å²) in [5.74, 6) is 0.653. The van der Waals surface area contributed by atoms with Gasteiger partial charge in [0.2, 0.25) is 5.69 Å². The molecule has 23 heavy (non-hydrogen) atoms. The predicted molar refractivity (Wildman–Crippen MR) is 92.5 cm³/mol. The summed E-state index contributed by atoms with van der Waals surface area (Å²) in [6, 6.07) is 16.3. The number of unbranched alkanes of at least 4 members (excludes halogenated alkanes) is 4. The molecule has 0 bridgehead atoms. The van der Waals surface area contributed by atoms with E-state index in [4.69, 9.17) is 4.74 Å². The Balaban J connectivity index is 1.97. The highest BCUT2D eigenvalue weighted by Gasteiger charge is 2.08. The van der Waals surface area contributed by atoms with E-state index >= 15 is 0 Å². The zero-order valence-corrected chi connectivity index (χ0v) is 13.6. The first-order valence-electron chi connectivity index (χ1n) is 8.27. The number of para-hydroxylation sites is 2. The zero-order chi connectivity index (χ0) is 16.3. The molecule has 0 saturated carbocycles. The first kappa shape index (κ1) is 17.0. The molecule has 0 heterocycles. The molecule has 0 aliphatic rings. The van der Waals surface area contributed by atoms with E-state index < -0.39 is 0 Å². The smallest absolute Gasteiger partial charge is 0.244 e. The molecule has 0 aliphatic heterocycles. The molecule has 0 aliphatic carbocycles. The van der Waals surface area contributed by atoms with Gasteiger partial charge in [-0.2, -0.15) is 0 Å². The van der Waals surface area contributed by atoms with E-state index in [1.807, 2.05) is 36.4 Å². The Hall–Kier alpha value is -2.36. The van der Waals surface area contributed by atoms with Crippen molar-refractivity contribution < 1.29 is 9.60 Å². The second-order valence-corrected chi connectivity index (χ2v) is 5.44. The van der Waals surface area contributed by atoms with Crippen LogP contribution in [0, 0.1) is 5.21 Å². The van der Waals surface area contributed by atoms with Crippen LogP contribution >= 0.6 is 0 Å². The van der Waals surface area contributed by atoms with Gasteiger partial charge in [0.25, 0.3) is 0 Å². The van der Waals surface area contributed by atoms with Crippen LogP contribution in [0.4, 0.5) is 11.4 Å².